The van der Waals surface area contributed by atoms with Gasteiger partial charge in [-0.25, -0.2) is 9.59 Å². The molecule has 1 heterocycles. The van der Waals surface area contributed by atoms with Gasteiger partial charge in [-0.3, -0.25) is 9.13 Å². The molecule has 5 heteroatoms. The molecule has 0 aliphatic rings. The van der Waals surface area contributed by atoms with E-state index in [2.05, 4.69) is 6.92 Å². The highest BCUT2D eigenvalue weighted by Crippen LogP contribution is 2.24. The van der Waals surface area contributed by atoms with Crippen LogP contribution in [0.5, 0.6) is 0 Å². The van der Waals surface area contributed by atoms with Crippen LogP contribution in [-0.2, 0) is 19.5 Å². The van der Waals surface area contributed by atoms with Gasteiger partial charge < -0.3 is 5.11 Å². The van der Waals surface area contributed by atoms with Crippen LogP contribution >= 0.6 is 0 Å². The predicted molar refractivity (Wildman–Crippen MR) is 106 cm³/mol. The van der Waals surface area contributed by atoms with E-state index in [0.717, 1.165) is 36.2 Å². The van der Waals surface area contributed by atoms with Crippen molar-refractivity contribution < 1.29 is 9.90 Å². The van der Waals surface area contributed by atoms with E-state index in [0.29, 0.717) is 12.1 Å². The molecule has 0 saturated carbocycles. The first-order chi connectivity index (χ1) is 13.0. The Bertz CT molecular complexity index is 997. The minimum Gasteiger partial charge on any atom is -0.478 e. The zero-order valence-corrected chi connectivity index (χ0v) is 15.7. The number of benzene rings is 2. The lowest BCUT2D eigenvalue weighted by atomic mass is 9.99. The highest BCUT2D eigenvalue weighted by molar-refractivity contribution is 5.95. The first-order valence-electron chi connectivity index (χ1n) is 9.25. The van der Waals surface area contributed by atoms with E-state index in [1.54, 1.807) is 16.7 Å². The van der Waals surface area contributed by atoms with E-state index in [-0.39, 0.29) is 11.3 Å². The molecule has 1 N–H and O–H groups in total. The van der Waals surface area contributed by atoms with Crippen molar-refractivity contribution in [2.75, 3.05) is 0 Å². The van der Waals surface area contributed by atoms with E-state index in [1.807, 2.05) is 54.1 Å². The van der Waals surface area contributed by atoms with Crippen LogP contribution in [0.4, 0.5) is 0 Å². The Morgan fingerprint density at radius 1 is 1.04 bits per heavy atom. The lowest BCUT2D eigenvalue weighted by Crippen LogP contribution is -2.25. The smallest absolute Gasteiger partial charge is 0.336 e. The maximum absolute atomic E-state index is 12.6. The van der Waals surface area contributed by atoms with Crippen molar-refractivity contribution in [2.24, 2.45) is 0 Å². The molecule has 3 aromatic rings. The predicted octanol–water partition coefficient (Wildman–Crippen LogP) is 4.04. The topological polar surface area (TPSA) is 64.2 Å². The third-order valence-corrected chi connectivity index (χ3v) is 4.72. The van der Waals surface area contributed by atoms with Gasteiger partial charge in [0.25, 0.3) is 0 Å². The van der Waals surface area contributed by atoms with Gasteiger partial charge in [0.1, 0.15) is 0 Å². The molecule has 0 radical (unpaired) electrons. The second-order valence-corrected chi connectivity index (χ2v) is 6.58. The zero-order chi connectivity index (χ0) is 19.4. The fourth-order valence-corrected chi connectivity index (χ4v) is 3.33. The number of hydrogen-bond donors (Lipinski definition) is 1. The van der Waals surface area contributed by atoms with Crippen molar-refractivity contribution in [2.45, 2.75) is 39.8 Å². The maximum atomic E-state index is 12.6. The molecule has 0 aliphatic heterocycles. The summed E-state index contributed by atoms with van der Waals surface area (Å²) in [4.78, 5) is 24.0. The summed E-state index contributed by atoms with van der Waals surface area (Å²) in [5.41, 5.74) is 3.88. The summed E-state index contributed by atoms with van der Waals surface area (Å²) in [5.74, 6) is -0.939. The fourth-order valence-electron chi connectivity index (χ4n) is 3.33. The second-order valence-electron chi connectivity index (χ2n) is 6.58. The molecule has 0 atom stereocenters. The Morgan fingerprint density at radius 2 is 1.74 bits per heavy atom. The average molecular weight is 364 g/mol. The third-order valence-electron chi connectivity index (χ3n) is 4.72. The Balaban J connectivity index is 1.90. The monoisotopic (exact) mass is 364 g/mol. The van der Waals surface area contributed by atoms with E-state index >= 15 is 0 Å². The van der Waals surface area contributed by atoms with Crippen molar-refractivity contribution in [1.82, 2.24) is 9.13 Å². The largest absolute Gasteiger partial charge is 0.478 e. The van der Waals surface area contributed by atoms with Crippen LogP contribution < -0.4 is 5.69 Å². The van der Waals surface area contributed by atoms with E-state index in [9.17, 15) is 14.7 Å². The van der Waals surface area contributed by atoms with Crippen LogP contribution in [0, 0.1) is 0 Å². The Hall–Kier alpha value is -3.08. The molecule has 0 spiro atoms. The van der Waals surface area contributed by atoms with Crippen LogP contribution in [0.3, 0.4) is 0 Å². The van der Waals surface area contributed by atoms with Crippen molar-refractivity contribution in [1.29, 1.82) is 0 Å². The Kier molecular flexibility index (Phi) is 5.60. The highest BCUT2D eigenvalue weighted by atomic mass is 16.4. The number of rotatable bonds is 7. The SMILES string of the molecule is CCCn1cc(CC)n(Cc2ccc(-c3ccccc3C(=O)O)cc2)c1=O. The molecule has 0 bridgehead atoms. The van der Waals surface area contributed by atoms with Gasteiger partial charge in [-0.15, -0.1) is 0 Å². The number of aryl methyl sites for hydroxylation is 2. The summed E-state index contributed by atoms with van der Waals surface area (Å²) in [5, 5.41) is 9.37. The molecule has 5 nitrogen and oxygen atoms in total. The zero-order valence-electron chi connectivity index (χ0n) is 15.7. The van der Waals surface area contributed by atoms with Gasteiger partial charge in [0.05, 0.1) is 12.1 Å². The maximum Gasteiger partial charge on any atom is 0.336 e. The minimum absolute atomic E-state index is 0.0222. The summed E-state index contributed by atoms with van der Waals surface area (Å²) in [6.45, 7) is 5.35. The number of imidazole rings is 1. The van der Waals surface area contributed by atoms with Crippen LogP contribution in [0.25, 0.3) is 11.1 Å². The van der Waals surface area contributed by atoms with Gasteiger partial charge >= 0.3 is 11.7 Å². The van der Waals surface area contributed by atoms with Crippen LogP contribution in [0.2, 0.25) is 0 Å². The lowest BCUT2D eigenvalue weighted by Gasteiger charge is -2.09. The van der Waals surface area contributed by atoms with Crippen molar-refractivity contribution in [3.05, 3.63) is 82.0 Å². The highest BCUT2D eigenvalue weighted by Gasteiger charge is 2.12. The van der Waals surface area contributed by atoms with E-state index in [4.69, 9.17) is 0 Å². The Morgan fingerprint density at radius 3 is 2.37 bits per heavy atom. The van der Waals surface area contributed by atoms with Gasteiger partial charge in [0, 0.05) is 18.4 Å². The van der Waals surface area contributed by atoms with Crippen LogP contribution in [0.15, 0.2) is 59.5 Å². The number of carbonyl (C=O) groups is 1. The van der Waals surface area contributed by atoms with Gasteiger partial charge in [0.15, 0.2) is 0 Å². The molecule has 0 unspecified atom stereocenters. The first-order valence-corrected chi connectivity index (χ1v) is 9.25. The second kappa shape index (κ2) is 8.08. The normalized spacial score (nSPS) is 10.9. The van der Waals surface area contributed by atoms with Crippen molar-refractivity contribution in [3.63, 3.8) is 0 Å². The molecule has 140 valence electrons. The molecular weight excluding hydrogens is 340 g/mol. The van der Waals surface area contributed by atoms with E-state index in [1.165, 1.54) is 0 Å². The minimum atomic E-state index is -0.939. The van der Waals surface area contributed by atoms with Gasteiger partial charge in [-0.1, -0.05) is 56.3 Å². The van der Waals surface area contributed by atoms with Crippen LogP contribution in [0.1, 0.15) is 41.9 Å². The molecule has 0 fully saturated rings. The van der Waals surface area contributed by atoms with Gasteiger partial charge in [-0.05, 0) is 35.6 Å². The number of nitrogens with zero attached hydrogens (tertiary/aromatic N) is 2. The number of aromatic nitrogens is 2. The van der Waals surface area contributed by atoms with E-state index < -0.39 is 5.97 Å². The lowest BCUT2D eigenvalue weighted by molar-refractivity contribution is 0.0697. The standard InChI is InChI=1S/C22H24N2O3/c1-3-13-23-15-18(4-2)24(22(23)27)14-16-9-11-17(12-10-16)19-7-5-6-8-20(19)21(25)26/h5-12,15H,3-4,13-14H2,1-2H3,(H,25,26). The number of hydrogen-bond acceptors (Lipinski definition) is 2. The molecular formula is C22H24N2O3. The summed E-state index contributed by atoms with van der Waals surface area (Å²) >= 11 is 0. The summed E-state index contributed by atoms with van der Waals surface area (Å²) in [6, 6.07) is 14.7. The number of carboxylic acid groups (broad SMARTS) is 1. The van der Waals surface area contributed by atoms with Crippen molar-refractivity contribution >= 4 is 5.97 Å². The number of carboxylic acids is 1. The van der Waals surface area contributed by atoms with Gasteiger partial charge in [-0.2, -0.15) is 0 Å². The van der Waals surface area contributed by atoms with Gasteiger partial charge in [0.2, 0.25) is 0 Å². The quantitative estimate of drug-likeness (QED) is 0.688. The summed E-state index contributed by atoms with van der Waals surface area (Å²) < 4.78 is 3.59. The summed E-state index contributed by atoms with van der Waals surface area (Å²) in [6.07, 6.45) is 3.67. The Labute approximate surface area is 158 Å². The average Bonchev–Trinajstić information content (AvgIpc) is 2.98. The fraction of sp³-hybridized carbons (Fsp3) is 0.273. The molecule has 27 heavy (non-hydrogen) atoms. The molecule has 0 aliphatic carbocycles. The third kappa shape index (κ3) is 3.87. The molecule has 1 aromatic heterocycles. The number of aromatic carboxylic acids is 1. The molecule has 0 saturated heterocycles. The molecule has 0 amide bonds. The molecule has 3 rings (SSSR count). The van der Waals surface area contributed by atoms with Crippen LogP contribution in [-0.4, -0.2) is 20.2 Å². The first kappa shape index (κ1) is 18.7. The molecule has 2 aromatic carbocycles. The van der Waals surface area contributed by atoms with Crippen molar-refractivity contribution in [3.8, 4) is 11.1 Å². The summed E-state index contributed by atoms with van der Waals surface area (Å²) in [7, 11) is 0.